The Morgan fingerprint density at radius 3 is 2.72 bits per heavy atom. The van der Waals surface area contributed by atoms with Crippen LogP contribution in [-0.4, -0.2) is 44.1 Å². The Morgan fingerprint density at radius 2 is 2.07 bits per heavy atom. The van der Waals surface area contributed by atoms with Crippen LogP contribution in [0, 0.1) is 18.7 Å². The summed E-state index contributed by atoms with van der Waals surface area (Å²) in [6.07, 6.45) is 2.59. The van der Waals surface area contributed by atoms with Gasteiger partial charge < -0.3 is 15.1 Å². The zero-order valence-electron chi connectivity index (χ0n) is 17.2. The van der Waals surface area contributed by atoms with Crippen molar-refractivity contribution < 1.29 is 22.0 Å². The van der Waals surface area contributed by atoms with Crippen molar-refractivity contribution in [1.29, 1.82) is 0 Å². The van der Waals surface area contributed by atoms with Gasteiger partial charge in [0.25, 0.3) is 0 Å². The van der Waals surface area contributed by atoms with Gasteiger partial charge in [-0.05, 0) is 43.9 Å². The number of amides is 2. The van der Waals surface area contributed by atoms with Gasteiger partial charge in [0.05, 0.1) is 12.3 Å². The van der Waals surface area contributed by atoms with E-state index < -0.39 is 16.1 Å². The third-order valence-electron chi connectivity index (χ3n) is 5.36. The maximum absolute atomic E-state index is 13.6. The molecule has 160 valence electrons. The van der Waals surface area contributed by atoms with E-state index in [0.717, 1.165) is 5.56 Å². The molecule has 0 saturated carbocycles. The molecular formula is C20H28FN3O4S. The van der Waals surface area contributed by atoms with Gasteiger partial charge in [0.1, 0.15) is 17.2 Å². The van der Waals surface area contributed by atoms with Crippen molar-refractivity contribution in [2.24, 2.45) is 5.92 Å². The van der Waals surface area contributed by atoms with Crippen molar-refractivity contribution in [2.75, 3.05) is 19.3 Å². The number of sulfonamides is 1. The molecule has 9 heteroatoms. The molecule has 1 unspecified atom stereocenters. The standard InChI is InChI=1S/C20H28FN3O4S/c1-12(2)18(19-13(3)16-10-14(21)7-8-17(16)28-19)23-20(25)22-15-6-5-9-24(11-15)29(4,26)27/h7-8,10,12,15,18H,5-6,9,11H2,1-4H3,(H2,22,23,25)/t15-,18?/m0/s1. The topological polar surface area (TPSA) is 91.7 Å². The van der Waals surface area contributed by atoms with E-state index >= 15 is 0 Å². The van der Waals surface area contributed by atoms with Gasteiger partial charge >= 0.3 is 6.03 Å². The van der Waals surface area contributed by atoms with Gasteiger partial charge in [-0.15, -0.1) is 0 Å². The summed E-state index contributed by atoms with van der Waals surface area (Å²) in [6.45, 7) is 6.51. The summed E-state index contributed by atoms with van der Waals surface area (Å²) in [5, 5.41) is 6.51. The summed E-state index contributed by atoms with van der Waals surface area (Å²) in [5.41, 5.74) is 1.36. The fraction of sp³-hybridized carbons (Fsp3) is 0.550. The van der Waals surface area contributed by atoms with Crippen molar-refractivity contribution in [3.63, 3.8) is 0 Å². The molecule has 0 radical (unpaired) electrons. The first-order valence-electron chi connectivity index (χ1n) is 9.77. The number of hydrogen-bond acceptors (Lipinski definition) is 4. The summed E-state index contributed by atoms with van der Waals surface area (Å²) in [4.78, 5) is 12.6. The SMILES string of the molecule is Cc1c(C(NC(=O)N[C@H]2CCCN(S(C)(=O)=O)C2)C(C)C)oc2ccc(F)cc12. The Kier molecular flexibility index (Phi) is 6.19. The third-order valence-corrected chi connectivity index (χ3v) is 6.63. The lowest BCUT2D eigenvalue weighted by Crippen LogP contribution is -2.52. The van der Waals surface area contributed by atoms with Gasteiger partial charge in [0.15, 0.2) is 0 Å². The number of fused-ring (bicyclic) bond motifs is 1. The molecule has 2 heterocycles. The highest BCUT2D eigenvalue weighted by Gasteiger charge is 2.29. The second-order valence-corrected chi connectivity index (χ2v) is 10.0. The maximum atomic E-state index is 13.6. The molecule has 1 aromatic heterocycles. The normalized spacial score (nSPS) is 19.4. The van der Waals surface area contributed by atoms with Crippen molar-refractivity contribution in [1.82, 2.24) is 14.9 Å². The average molecular weight is 426 g/mol. The number of urea groups is 1. The van der Waals surface area contributed by atoms with Gasteiger partial charge in [0.2, 0.25) is 10.0 Å². The number of nitrogens with zero attached hydrogens (tertiary/aromatic N) is 1. The fourth-order valence-corrected chi connectivity index (χ4v) is 4.68. The largest absolute Gasteiger partial charge is 0.459 e. The van der Waals surface area contributed by atoms with Crippen LogP contribution in [-0.2, 0) is 10.0 Å². The molecule has 1 aliphatic heterocycles. The van der Waals surface area contributed by atoms with Crippen LogP contribution < -0.4 is 10.6 Å². The van der Waals surface area contributed by atoms with Crippen molar-refractivity contribution in [3.8, 4) is 0 Å². The predicted octanol–water partition coefficient (Wildman–Crippen LogP) is 3.30. The fourth-order valence-electron chi connectivity index (χ4n) is 3.77. The summed E-state index contributed by atoms with van der Waals surface area (Å²) in [7, 11) is -3.28. The van der Waals surface area contributed by atoms with E-state index in [1.165, 1.54) is 22.7 Å². The minimum Gasteiger partial charge on any atom is -0.459 e. The van der Waals surface area contributed by atoms with Crippen LogP contribution in [0.3, 0.4) is 0 Å². The van der Waals surface area contributed by atoms with Crippen LogP contribution in [0.4, 0.5) is 9.18 Å². The number of piperidine rings is 1. The minimum absolute atomic E-state index is 0.0312. The number of rotatable bonds is 5. The summed E-state index contributed by atoms with van der Waals surface area (Å²) in [6, 6.07) is 3.32. The van der Waals surface area contributed by atoms with E-state index in [1.54, 1.807) is 6.07 Å². The maximum Gasteiger partial charge on any atom is 0.315 e. The Bertz CT molecular complexity index is 1000. The van der Waals surface area contributed by atoms with Crippen LogP contribution in [0.5, 0.6) is 0 Å². The van der Waals surface area contributed by atoms with Crippen LogP contribution >= 0.6 is 0 Å². The minimum atomic E-state index is -3.28. The van der Waals surface area contributed by atoms with E-state index in [1.807, 2.05) is 20.8 Å². The number of aryl methyl sites for hydroxylation is 1. The number of carbonyl (C=O) groups is 1. The zero-order valence-corrected chi connectivity index (χ0v) is 18.0. The van der Waals surface area contributed by atoms with E-state index in [4.69, 9.17) is 4.42 Å². The molecule has 1 fully saturated rings. The Morgan fingerprint density at radius 1 is 1.34 bits per heavy atom. The number of halogens is 1. The van der Waals surface area contributed by atoms with Crippen molar-refractivity contribution >= 4 is 27.0 Å². The van der Waals surface area contributed by atoms with Crippen molar-refractivity contribution in [2.45, 2.75) is 45.7 Å². The molecule has 0 bridgehead atoms. The highest BCUT2D eigenvalue weighted by Crippen LogP contribution is 2.33. The highest BCUT2D eigenvalue weighted by molar-refractivity contribution is 7.88. The molecule has 0 aliphatic carbocycles. The molecule has 1 aromatic carbocycles. The Hall–Kier alpha value is -2.13. The molecule has 2 atom stereocenters. The van der Waals surface area contributed by atoms with Gasteiger partial charge in [-0.2, -0.15) is 0 Å². The smallest absolute Gasteiger partial charge is 0.315 e. The highest BCUT2D eigenvalue weighted by atomic mass is 32.2. The quantitative estimate of drug-likeness (QED) is 0.769. The van der Waals surface area contributed by atoms with Crippen LogP contribution in [0.25, 0.3) is 11.0 Å². The number of furan rings is 1. The lowest BCUT2D eigenvalue weighted by Gasteiger charge is -2.32. The first-order chi connectivity index (χ1) is 13.6. The number of hydrogen-bond donors (Lipinski definition) is 2. The van der Waals surface area contributed by atoms with Gasteiger partial charge in [-0.1, -0.05) is 13.8 Å². The Labute approximate surface area is 170 Å². The van der Waals surface area contributed by atoms with E-state index in [-0.39, 0.29) is 30.4 Å². The molecule has 7 nitrogen and oxygen atoms in total. The number of benzene rings is 1. The molecule has 1 saturated heterocycles. The zero-order chi connectivity index (χ0) is 21.3. The number of nitrogens with one attached hydrogen (secondary N) is 2. The van der Waals surface area contributed by atoms with E-state index in [9.17, 15) is 17.6 Å². The van der Waals surface area contributed by atoms with Crippen LogP contribution in [0.1, 0.15) is 44.1 Å². The molecule has 2 amide bonds. The van der Waals surface area contributed by atoms with E-state index in [0.29, 0.717) is 36.1 Å². The van der Waals surface area contributed by atoms with Gasteiger partial charge in [-0.3, -0.25) is 0 Å². The monoisotopic (exact) mass is 425 g/mol. The predicted molar refractivity (Wildman–Crippen MR) is 110 cm³/mol. The molecule has 29 heavy (non-hydrogen) atoms. The van der Waals surface area contributed by atoms with Crippen molar-refractivity contribution in [3.05, 3.63) is 35.3 Å². The second-order valence-electron chi connectivity index (χ2n) is 8.03. The first kappa shape index (κ1) is 21.6. The lowest BCUT2D eigenvalue weighted by atomic mass is 9.98. The first-order valence-corrected chi connectivity index (χ1v) is 11.6. The molecule has 3 rings (SSSR count). The Balaban J connectivity index is 1.74. The molecule has 2 aromatic rings. The molecule has 0 spiro atoms. The van der Waals surface area contributed by atoms with Gasteiger partial charge in [0, 0.05) is 30.1 Å². The van der Waals surface area contributed by atoms with Crippen LogP contribution in [0.2, 0.25) is 0 Å². The molecule has 1 aliphatic rings. The summed E-state index contributed by atoms with van der Waals surface area (Å²) in [5.74, 6) is 0.286. The van der Waals surface area contributed by atoms with Crippen LogP contribution in [0.15, 0.2) is 22.6 Å². The second kappa shape index (κ2) is 8.31. The molecular weight excluding hydrogens is 397 g/mol. The average Bonchev–Trinajstić information content (AvgIpc) is 2.95. The lowest BCUT2D eigenvalue weighted by molar-refractivity contribution is 0.216. The summed E-state index contributed by atoms with van der Waals surface area (Å²) >= 11 is 0. The van der Waals surface area contributed by atoms with E-state index in [2.05, 4.69) is 10.6 Å². The van der Waals surface area contributed by atoms with Gasteiger partial charge in [-0.25, -0.2) is 21.9 Å². The number of carbonyl (C=O) groups excluding carboxylic acids is 1. The molecule has 2 N–H and O–H groups in total. The third kappa shape index (κ3) is 4.90. The summed E-state index contributed by atoms with van der Waals surface area (Å²) < 4.78 is 44.5.